The third-order valence-corrected chi connectivity index (χ3v) is 5.89. The van der Waals surface area contributed by atoms with Gasteiger partial charge in [-0.2, -0.15) is 0 Å². The van der Waals surface area contributed by atoms with Crippen molar-refractivity contribution in [3.63, 3.8) is 0 Å². The molecule has 2 aliphatic rings. The number of ether oxygens (including phenoxy) is 1. The van der Waals surface area contributed by atoms with Gasteiger partial charge in [-0.1, -0.05) is 24.2 Å². The van der Waals surface area contributed by atoms with Gasteiger partial charge in [0.05, 0.1) is 23.2 Å². The number of anilines is 1. The summed E-state index contributed by atoms with van der Waals surface area (Å²) < 4.78 is 6.38. The van der Waals surface area contributed by atoms with E-state index in [-0.39, 0.29) is 11.8 Å². The number of thiazole rings is 1. The highest BCUT2D eigenvalue weighted by atomic mass is 32.1. The molecule has 2 aromatic rings. The smallest absolute Gasteiger partial charge is 0.226 e. The molecule has 1 aromatic heterocycles. The Morgan fingerprint density at radius 2 is 2.13 bits per heavy atom. The molecule has 122 valence electrons. The maximum atomic E-state index is 12.2. The van der Waals surface area contributed by atoms with Gasteiger partial charge >= 0.3 is 0 Å². The number of nitrogens with one attached hydrogen (secondary N) is 1. The van der Waals surface area contributed by atoms with Crippen molar-refractivity contribution in [2.45, 2.75) is 31.7 Å². The van der Waals surface area contributed by atoms with Crippen LogP contribution in [0.15, 0.2) is 18.2 Å². The standard InChI is InChI=1S/C17H21N3O2S/c1-22-13-6-7-14-15(8-13)23-17(19-14)20-9-11(10-20)16(21)18-12-4-2-3-5-12/h6-8,11-12H,2-5,9-10H2,1H3,(H,18,21). The van der Waals surface area contributed by atoms with Gasteiger partial charge in [-0.15, -0.1) is 0 Å². The van der Waals surface area contributed by atoms with Crippen molar-refractivity contribution in [1.82, 2.24) is 10.3 Å². The lowest BCUT2D eigenvalue weighted by Gasteiger charge is -2.38. The largest absolute Gasteiger partial charge is 0.497 e. The van der Waals surface area contributed by atoms with Gasteiger partial charge in [0, 0.05) is 19.1 Å². The lowest BCUT2D eigenvalue weighted by molar-refractivity contribution is -0.126. The Morgan fingerprint density at radius 1 is 1.35 bits per heavy atom. The number of hydrogen-bond acceptors (Lipinski definition) is 5. The first kappa shape index (κ1) is 14.8. The minimum absolute atomic E-state index is 0.108. The summed E-state index contributed by atoms with van der Waals surface area (Å²) in [7, 11) is 1.67. The summed E-state index contributed by atoms with van der Waals surface area (Å²) in [4.78, 5) is 19.1. The molecule has 0 spiro atoms. The van der Waals surface area contributed by atoms with Gasteiger partial charge in [0.2, 0.25) is 5.91 Å². The van der Waals surface area contributed by atoms with Crippen LogP contribution < -0.4 is 15.0 Å². The number of hydrogen-bond donors (Lipinski definition) is 1. The highest BCUT2D eigenvalue weighted by Gasteiger charge is 2.35. The Bertz CT molecular complexity index is 718. The molecule has 1 aromatic carbocycles. The van der Waals surface area contributed by atoms with Crippen molar-refractivity contribution in [3.05, 3.63) is 18.2 Å². The monoisotopic (exact) mass is 331 g/mol. The molecule has 2 heterocycles. The molecule has 1 aliphatic heterocycles. The van der Waals surface area contributed by atoms with Crippen molar-refractivity contribution in [2.75, 3.05) is 25.1 Å². The molecule has 5 nitrogen and oxygen atoms in total. The van der Waals surface area contributed by atoms with E-state index in [9.17, 15) is 4.79 Å². The Balaban J connectivity index is 1.38. The van der Waals surface area contributed by atoms with E-state index in [1.54, 1.807) is 18.4 Å². The minimum Gasteiger partial charge on any atom is -0.497 e. The van der Waals surface area contributed by atoms with Gasteiger partial charge in [-0.05, 0) is 31.0 Å². The fourth-order valence-electron chi connectivity index (χ4n) is 3.34. The molecular weight excluding hydrogens is 310 g/mol. The molecule has 1 aliphatic carbocycles. The molecule has 1 saturated carbocycles. The van der Waals surface area contributed by atoms with Crippen molar-refractivity contribution in [3.8, 4) is 5.75 Å². The number of benzene rings is 1. The van der Waals surface area contributed by atoms with Crippen molar-refractivity contribution in [1.29, 1.82) is 0 Å². The number of nitrogens with zero attached hydrogens (tertiary/aromatic N) is 2. The molecule has 2 fully saturated rings. The second-order valence-electron chi connectivity index (χ2n) is 6.42. The van der Waals surface area contributed by atoms with E-state index >= 15 is 0 Å². The number of methoxy groups -OCH3 is 1. The topological polar surface area (TPSA) is 54.5 Å². The van der Waals surface area contributed by atoms with Crippen LogP contribution in [0.1, 0.15) is 25.7 Å². The average Bonchev–Trinajstić information content (AvgIpc) is 3.13. The van der Waals surface area contributed by atoms with Gasteiger partial charge < -0.3 is 15.0 Å². The third-order valence-electron chi connectivity index (χ3n) is 4.81. The first-order valence-electron chi connectivity index (χ1n) is 8.23. The van der Waals surface area contributed by atoms with Crippen LogP contribution in [0.2, 0.25) is 0 Å². The zero-order valence-electron chi connectivity index (χ0n) is 13.2. The minimum atomic E-state index is 0.108. The first-order chi connectivity index (χ1) is 11.2. The van der Waals surface area contributed by atoms with E-state index in [0.29, 0.717) is 6.04 Å². The van der Waals surface area contributed by atoms with Crippen LogP contribution in [-0.4, -0.2) is 37.1 Å². The van der Waals surface area contributed by atoms with Crippen LogP contribution in [0.5, 0.6) is 5.75 Å². The number of fused-ring (bicyclic) bond motifs is 1. The quantitative estimate of drug-likeness (QED) is 0.936. The van der Waals surface area contributed by atoms with Crippen LogP contribution >= 0.6 is 11.3 Å². The number of carbonyl (C=O) groups excluding carboxylic acids is 1. The lowest BCUT2D eigenvalue weighted by Crippen LogP contribution is -2.55. The normalized spacial score (nSPS) is 19.1. The van der Waals surface area contributed by atoms with Gasteiger partial charge in [0.1, 0.15) is 5.75 Å². The zero-order valence-corrected chi connectivity index (χ0v) is 14.1. The molecule has 1 N–H and O–H groups in total. The first-order valence-corrected chi connectivity index (χ1v) is 9.04. The van der Waals surface area contributed by atoms with Gasteiger partial charge in [0.15, 0.2) is 5.13 Å². The van der Waals surface area contributed by atoms with Crippen LogP contribution in [0.25, 0.3) is 10.2 Å². The van der Waals surface area contributed by atoms with E-state index < -0.39 is 0 Å². The van der Waals surface area contributed by atoms with Crippen LogP contribution in [0, 0.1) is 5.92 Å². The van der Waals surface area contributed by atoms with Crippen LogP contribution in [0.3, 0.4) is 0 Å². The molecule has 6 heteroatoms. The number of amides is 1. The molecular formula is C17H21N3O2S. The molecule has 0 radical (unpaired) electrons. The van der Waals surface area contributed by atoms with Crippen molar-refractivity contribution in [2.24, 2.45) is 5.92 Å². The summed E-state index contributed by atoms with van der Waals surface area (Å²) in [5.74, 6) is 1.18. The van der Waals surface area contributed by atoms with E-state index in [0.717, 1.165) is 47.0 Å². The molecule has 0 unspecified atom stereocenters. The molecule has 23 heavy (non-hydrogen) atoms. The average molecular weight is 331 g/mol. The number of rotatable bonds is 4. The Hall–Kier alpha value is -1.82. The van der Waals surface area contributed by atoms with Crippen LogP contribution in [-0.2, 0) is 4.79 Å². The van der Waals surface area contributed by atoms with E-state index in [1.165, 1.54) is 12.8 Å². The molecule has 0 atom stereocenters. The predicted octanol–water partition coefficient (Wildman–Crippen LogP) is 2.80. The summed E-state index contributed by atoms with van der Waals surface area (Å²) in [5.41, 5.74) is 0.990. The lowest BCUT2D eigenvalue weighted by atomic mass is 9.99. The maximum Gasteiger partial charge on any atom is 0.226 e. The van der Waals surface area contributed by atoms with Crippen molar-refractivity contribution >= 4 is 32.6 Å². The Kier molecular flexibility index (Phi) is 3.85. The highest BCUT2D eigenvalue weighted by molar-refractivity contribution is 7.22. The second kappa shape index (κ2) is 6.00. The summed E-state index contributed by atoms with van der Waals surface area (Å²) >= 11 is 1.66. The van der Waals surface area contributed by atoms with Gasteiger partial charge in [-0.3, -0.25) is 4.79 Å². The Morgan fingerprint density at radius 3 is 2.87 bits per heavy atom. The zero-order chi connectivity index (χ0) is 15.8. The highest BCUT2D eigenvalue weighted by Crippen LogP contribution is 2.34. The van der Waals surface area contributed by atoms with E-state index in [1.807, 2.05) is 18.2 Å². The number of aromatic nitrogens is 1. The van der Waals surface area contributed by atoms with E-state index in [2.05, 4.69) is 15.2 Å². The fourth-order valence-corrected chi connectivity index (χ4v) is 4.36. The van der Waals surface area contributed by atoms with E-state index in [4.69, 9.17) is 4.74 Å². The Labute approximate surface area is 139 Å². The second-order valence-corrected chi connectivity index (χ2v) is 7.43. The van der Waals surface area contributed by atoms with Crippen LogP contribution in [0.4, 0.5) is 5.13 Å². The maximum absolute atomic E-state index is 12.2. The summed E-state index contributed by atoms with van der Waals surface area (Å²) in [6.45, 7) is 1.55. The third kappa shape index (κ3) is 2.87. The fraction of sp³-hybridized carbons (Fsp3) is 0.529. The molecule has 4 rings (SSSR count). The van der Waals surface area contributed by atoms with Gasteiger partial charge in [-0.25, -0.2) is 4.98 Å². The predicted molar refractivity (Wildman–Crippen MR) is 92.3 cm³/mol. The summed E-state index contributed by atoms with van der Waals surface area (Å²) in [5, 5.41) is 4.19. The number of carbonyl (C=O) groups is 1. The molecule has 0 bridgehead atoms. The summed E-state index contributed by atoms with van der Waals surface area (Å²) in [6.07, 6.45) is 4.78. The molecule has 1 saturated heterocycles. The summed E-state index contributed by atoms with van der Waals surface area (Å²) in [6, 6.07) is 6.34. The SMILES string of the molecule is COc1ccc2nc(N3CC(C(=O)NC4CCCC4)C3)sc2c1. The molecule has 1 amide bonds. The van der Waals surface area contributed by atoms with Gasteiger partial charge in [0.25, 0.3) is 0 Å². The van der Waals surface area contributed by atoms with Crippen molar-refractivity contribution < 1.29 is 9.53 Å².